The van der Waals surface area contributed by atoms with Crippen LogP contribution in [0.4, 0.5) is 0 Å². The van der Waals surface area contributed by atoms with Gasteiger partial charge in [-0.2, -0.15) is 0 Å². The molecular weight excluding hydrogens is 250 g/mol. The summed E-state index contributed by atoms with van der Waals surface area (Å²) in [7, 11) is 1.54. The van der Waals surface area contributed by atoms with Crippen molar-refractivity contribution in [2.75, 3.05) is 26.7 Å². The number of carbonyl (C=O) groups is 1. The first kappa shape index (κ1) is 14.0. The highest BCUT2D eigenvalue weighted by Crippen LogP contribution is 2.16. The zero-order valence-corrected chi connectivity index (χ0v) is 11.2. The highest BCUT2D eigenvalue weighted by molar-refractivity contribution is 5.93. The Kier molecular flexibility index (Phi) is 4.18. The molecule has 0 aliphatic carbocycles. The number of amides is 1. The molecule has 2 heterocycles. The SMILES string of the molecule is COCc1c(C(=O)NCC2(O)CCNC2)noc1C. The number of aromatic nitrogens is 1. The molecule has 1 aromatic heterocycles. The molecule has 106 valence electrons. The summed E-state index contributed by atoms with van der Waals surface area (Å²) in [6.07, 6.45) is 0.621. The number of β-amino-alcohol motifs (C(OH)–C–C–N with tert-alkyl or cyclic N) is 1. The number of hydrogen-bond acceptors (Lipinski definition) is 6. The van der Waals surface area contributed by atoms with Gasteiger partial charge in [0.15, 0.2) is 5.69 Å². The average Bonchev–Trinajstić information content (AvgIpc) is 2.96. The molecule has 7 nitrogen and oxygen atoms in total. The summed E-state index contributed by atoms with van der Waals surface area (Å²) in [6.45, 7) is 3.42. The van der Waals surface area contributed by atoms with Crippen molar-refractivity contribution < 1.29 is 19.2 Å². The Morgan fingerprint density at radius 3 is 3.11 bits per heavy atom. The van der Waals surface area contributed by atoms with Gasteiger partial charge in [-0.3, -0.25) is 4.79 Å². The van der Waals surface area contributed by atoms with E-state index in [0.717, 1.165) is 6.54 Å². The first-order chi connectivity index (χ1) is 9.06. The highest BCUT2D eigenvalue weighted by atomic mass is 16.5. The summed E-state index contributed by atoms with van der Waals surface area (Å²) < 4.78 is 10.0. The van der Waals surface area contributed by atoms with Crippen molar-refractivity contribution in [3.63, 3.8) is 0 Å². The van der Waals surface area contributed by atoms with E-state index in [1.165, 1.54) is 0 Å². The highest BCUT2D eigenvalue weighted by Gasteiger charge is 2.32. The van der Waals surface area contributed by atoms with E-state index >= 15 is 0 Å². The molecule has 1 aromatic rings. The maximum atomic E-state index is 12.0. The minimum absolute atomic E-state index is 0.192. The van der Waals surface area contributed by atoms with Crippen molar-refractivity contribution in [2.45, 2.75) is 25.6 Å². The van der Waals surface area contributed by atoms with Gasteiger partial charge >= 0.3 is 0 Å². The zero-order valence-electron chi connectivity index (χ0n) is 11.2. The first-order valence-electron chi connectivity index (χ1n) is 6.21. The van der Waals surface area contributed by atoms with E-state index < -0.39 is 5.60 Å². The molecule has 3 N–H and O–H groups in total. The Morgan fingerprint density at radius 1 is 1.68 bits per heavy atom. The maximum absolute atomic E-state index is 12.0. The van der Waals surface area contributed by atoms with Gasteiger partial charge in [-0.15, -0.1) is 0 Å². The monoisotopic (exact) mass is 269 g/mol. The molecule has 0 saturated carbocycles. The summed E-state index contributed by atoms with van der Waals surface area (Å²) in [6, 6.07) is 0. The molecule has 1 aliphatic heterocycles. The Hall–Kier alpha value is -1.44. The normalized spacial score (nSPS) is 22.7. The van der Waals surface area contributed by atoms with Crippen LogP contribution in [-0.4, -0.2) is 48.5 Å². The molecule has 1 aliphatic rings. The van der Waals surface area contributed by atoms with Crippen molar-refractivity contribution >= 4 is 5.91 Å². The summed E-state index contributed by atoms with van der Waals surface area (Å²) in [5.41, 5.74) is -0.0268. The fourth-order valence-corrected chi connectivity index (χ4v) is 2.09. The van der Waals surface area contributed by atoms with Gasteiger partial charge in [-0.05, 0) is 19.9 Å². The predicted octanol–water partition coefficient (Wildman–Crippen LogP) is -0.416. The number of nitrogens with one attached hydrogen (secondary N) is 2. The van der Waals surface area contributed by atoms with Gasteiger partial charge in [0.1, 0.15) is 5.76 Å². The Labute approximate surface area is 111 Å². The lowest BCUT2D eigenvalue weighted by molar-refractivity contribution is 0.0558. The average molecular weight is 269 g/mol. The van der Waals surface area contributed by atoms with E-state index in [4.69, 9.17) is 9.26 Å². The van der Waals surface area contributed by atoms with Crippen LogP contribution in [0.25, 0.3) is 0 Å². The number of aliphatic hydroxyl groups is 1. The van der Waals surface area contributed by atoms with Crippen molar-refractivity contribution in [1.29, 1.82) is 0 Å². The molecule has 1 fully saturated rings. The molecule has 19 heavy (non-hydrogen) atoms. The number of carbonyl (C=O) groups excluding carboxylic acids is 1. The van der Waals surface area contributed by atoms with Crippen LogP contribution in [0.5, 0.6) is 0 Å². The van der Waals surface area contributed by atoms with Crippen molar-refractivity contribution in [2.24, 2.45) is 0 Å². The second-order valence-corrected chi connectivity index (χ2v) is 4.83. The minimum atomic E-state index is -0.879. The third-order valence-electron chi connectivity index (χ3n) is 3.29. The molecule has 0 spiro atoms. The number of methoxy groups -OCH3 is 1. The van der Waals surface area contributed by atoms with Crippen LogP contribution in [0.15, 0.2) is 4.52 Å². The van der Waals surface area contributed by atoms with E-state index in [1.54, 1.807) is 14.0 Å². The van der Waals surface area contributed by atoms with Crippen molar-refractivity contribution in [3.8, 4) is 0 Å². The fraction of sp³-hybridized carbons (Fsp3) is 0.667. The molecule has 1 saturated heterocycles. The Bertz CT molecular complexity index is 452. The topological polar surface area (TPSA) is 96.6 Å². The van der Waals surface area contributed by atoms with Crippen molar-refractivity contribution in [3.05, 3.63) is 17.0 Å². The zero-order chi connectivity index (χ0) is 13.9. The second kappa shape index (κ2) is 5.68. The van der Waals surface area contributed by atoms with Gasteiger partial charge in [0.05, 0.1) is 17.8 Å². The lowest BCUT2D eigenvalue weighted by atomic mass is 10.0. The van der Waals surface area contributed by atoms with E-state index in [0.29, 0.717) is 24.3 Å². The van der Waals surface area contributed by atoms with Gasteiger partial charge in [-0.1, -0.05) is 5.16 Å². The molecule has 1 atom stereocenters. The second-order valence-electron chi connectivity index (χ2n) is 4.83. The van der Waals surface area contributed by atoms with Gasteiger partial charge in [0.2, 0.25) is 0 Å². The fourth-order valence-electron chi connectivity index (χ4n) is 2.09. The van der Waals surface area contributed by atoms with Crippen LogP contribution < -0.4 is 10.6 Å². The molecule has 1 amide bonds. The van der Waals surface area contributed by atoms with Crippen LogP contribution >= 0.6 is 0 Å². The quantitative estimate of drug-likeness (QED) is 0.672. The van der Waals surface area contributed by atoms with Crippen LogP contribution in [0.3, 0.4) is 0 Å². The number of nitrogens with zero attached hydrogens (tertiary/aromatic N) is 1. The minimum Gasteiger partial charge on any atom is -0.387 e. The van der Waals surface area contributed by atoms with Crippen LogP contribution in [-0.2, 0) is 11.3 Å². The van der Waals surface area contributed by atoms with E-state index in [-0.39, 0.29) is 24.8 Å². The Morgan fingerprint density at radius 2 is 2.47 bits per heavy atom. The molecule has 7 heteroatoms. The van der Waals surface area contributed by atoms with Gasteiger partial charge in [0, 0.05) is 20.2 Å². The molecule has 0 bridgehead atoms. The standard InChI is InChI=1S/C12H19N3O4/c1-8-9(5-18-2)10(15-19-8)11(16)14-7-12(17)3-4-13-6-12/h13,17H,3-7H2,1-2H3,(H,14,16). The maximum Gasteiger partial charge on any atom is 0.273 e. The summed E-state index contributed by atoms with van der Waals surface area (Å²) in [5.74, 6) is 0.206. The number of rotatable bonds is 5. The van der Waals surface area contributed by atoms with Crippen LogP contribution in [0.2, 0.25) is 0 Å². The van der Waals surface area contributed by atoms with Gasteiger partial charge in [-0.25, -0.2) is 0 Å². The number of ether oxygens (including phenoxy) is 1. The van der Waals surface area contributed by atoms with E-state index in [1.807, 2.05) is 0 Å². The molecule has 0 aromatic carbocycles. The first-order valence-corrected chi connectivity index (χ1v) is 6.21. The third kappa shape index (κ3) is 3.12. The van der Waals surface area contributed by atoms with Gasteiger partial charge in [0.25, 0.3) is 5.91 Å². The molecular formula is C12H19N3O4. The van der Waals surface area contributed by atoms with Crippen LogP contribution in [0.1, 0.15) is 28.2 Å². The lowest BCUT2D eigenvalue weighted by Crippen LogP contribution is -2.44. The van der Waals surface area contributed by atoms with E-state index in [9.17, 15) is 9.90 Å². The molecule has 2 rings (SSSR count). The smallest absolute Gasteiger partial charge is 0.273 e. The largest absolute Gasteiger partial charge is 0.387 e. The van der Waals surface area contributed by atoms with E-state index in [2.05, 4.69) is 15.8 Å². The molecule has 1 unspecified atom stereocenters. The third-order valence-corrected chi connectivity index (χ3v) is 3.29. The van der Waals surface area contributed by atoms with Crippen LogP contribution in [0, 0.1) is 6.92 Å². The molecule has 0 radical (unpaired) electrons. The summed E-state index contributed by atoms with van der Waals surface area (Å²) in [5, 5.41) is 19.6. The van der Waals surface area contributed by atoms with Gasteiger partial charge < -0.3 is 25.0 Å². The Balaban J connectivity index is 1.99. The summed E-state index contributed by atoms with van der Waals surface area (Å²) >= 11 is 0. The summed E-state index contributed by atoms with van der Waals surface area (Å²) in [4.78, 5) is 12.0. The number of aryl methyl sites for hydroxylation is 1. The number of hydrogen-bond donors (Lipinski definition) is 3. The lowest BCUT2D eigenvalue weighted by Gasteiger charge is -2.21. The predicted molar refractivity (Wildman–Crippen MR) is 66.7 cm³/mol. The van der Waals surface area contributed by atoms with Crippen molar-refractivity contribution in [1.82, 2.24) is 15.8 Å².